The van der Waals surface area contributed by atoms with Gasteiger partial charge in [0.05, 0.1) is 35.0 Å². The third kappa shape index (κ3) is 8.39. The van der Waals surface area contributed by atoms with Crippen molar-refractivity contribution in [2.75, 3.05) is 49.5 Å². The maximum absolute atomic E-state index is 15.3. The van der Waals surface area contributed by atoms with E-state index in [0.29, 0.717) is 63.9 Å². The van der Waals surface area contributed by atoms with Gasteiger partial charge < -0.3 is 34.2 Å². The summed E-state index contributed by atoms with van der Waals surface area (Å²) in [5.74, 6) is 1.74. The monoisotopic (exact) mass is 990 g/mol. The number of carbonyl (C=O) groups is 5. The zero-order valence-electron chi connectivity index (χ0n) is 42.6. The maximum Gasteiger partial charge on any atom is 0.238 e. The van der Waals surface area contributed by atoms with Crippen molar-refractivity contribution in [3.05, 3.63) is 66.0 Å². The fourth-order valence-electron chi connectivity index (χ4n) is 14.5. The van der Waals surface area contributed by atoms with Crippen molar-refractivity contribution in [1.29, 1.82) is 0 Å². The topological polar surface area (TPSA) is 162 Å². The Morgan fingerprint density at radius 3 is 2.23 bits per heavy atom. The molecule has 5 amide bonds. The minimum Gasteiger partial charge on any atom is -0.490 e. The lowest BCUT2D eigenvalue weighted by atomic mass is 9.60. The third-order valence-corrected chi connectivity index (χ3v) is 19.0. The summed E-state index contributed by atoms with van der Waals surface area (Å²) in [5.41, 5.74) is 6.15. The van der Waals surface area contributed by atoms with E-state index in [9.17, 15) is 19.2 Å². The van der Waals surface area contributed by atoms with Crippen LogP contribution in [0.4, 0.5) is 11.5 Å². The Bertz CT molecular complexity index is 2820. The van der Waals surface area contributed by atoms with E-state index in [1.165, 1.54) is 19.3 Å². The van der Waals surface area contributed by atoms with Gasteiger partial charge in [-0.15, -0.1) is 0 Å². The standard InChI is InChI=1S/C58H71N9O6/c1-34(2)66-33-59-48-30-47(61-53(52(48)66)60-40-11-12-40)37-10-18-46-49(27-37)67(42-28-41(29-42)63-22-4-3-5-23-63)57(72)58(46)20-24-64(25-21-58)56(71)51-38-26-39(51)32-65(31-38)55(70)36-8-15-44(16-9-36)73-43-13-6-35(7-14-43)45-17-19-50(68)62-54(45)69/h6-7,10,13-14,18,27,30,33-34,36,38-42,44-45,51H,3-5,8-9,11-12,15-17,19-26,28-29,31-32H2,1-2H3,(H,60,61)(H,62,68,69)/t36-,38-,39+,41-,42+,44-,45?,51?. The van der Waals surface area contributed by atoms with Crippen LogP contribution in [0.5, 0.6) is 5.75 Å². The van der Waals surface area contributed by atoms with Crippen molar-refractivity contribution in [2.24, 2.45) is 23.7 Å². The summed E-state index contributed by atoms with van der Waals surface area (Å²) in [6, 6.07) is 17.7. The molecule has 4 saturated carbocycles. The first-order chi connectivity index (χ1) is 35.5. The van der Waals surface area contributed by atoms with Crippen LogP contribution in [0, 0.1) is 23.7 Å². The molecule has 5 saturated heterocycles. The lowest BCUT2D eigenvalue weighted by Crippen LogP contribution is -2.63. The Labute approximate surface area is 428 Å². The number of nitrogens with zero attached hydrogens (tertiary/aromatic N) is 7. The minimum atomic E-state index is -0.669. The lowest BCUT2D eigenvalue weighted by Gasteiger charge is -2.54. The van der Waals surface area contributed by atoms with Crippen LogP contribution in [0.2, 0.25) is 0 Å². The second-order valence-corrected chi connectivity index (χ2v) is 23.8. The Balaban J connectivity index is 0.658. The molecule has 2 aromatic carbocycles. The van der Waals surface area contributed by atoms with Crippen molar-refractivity contribution in [2.45, 2.75) is 158 Å². The number of imide groups is 1. The number of hydrogen-bond donors (Lipinski definition) is 2. The van der Waals surface area contributed by atoms with Crippen molar-refractivity contribution in [3.63, 3.8) is 0 Å². The molecule has 8 heterocycles. The van der Waals surface area contributed by atoms with Crippen molar-refractivity contribution in [1.82, 2.24) is 34.6 Å². The van der Waals surface area contributed by atoms with Crippen LogP contribution < -0.4 is 20.3 Å². The highest BCUT2D eigenvalue weighted by molar-refractivity contribution is 6.09. The van der Waals surface area contributed by atoms with Crippen LogP contribution in [0.1, 0.15) is 140 Å². The quantitative estimate of drug-likeness (QED) is 0.142. The molecule has 9 fully saturated rings. The fourth-order valence-corrected chi connectivity index (χ4v) is 14.5. The molecule has 14 rings (SSSR count). The number of fused-ring (bicyclic) bond motifs is 5. The van der Waals surface area contributed by atoms with Gasteiger partial charge in [0, 0.05) is 79.9 Å². The van der Waals surface area contributed by atoms with E-state index in [-0.39, 0.29) is 77.3 Å². The number of imidazole rings is 1. The summed E-state index contributed by atoms with van der Waals surface area (Å²) in [5, 5.41) is 6.15. The first kappa shape index (κ1) is 46.9. The van der Waals surface area contributed by atoms with Crippen LogP contribution in [-0.4, -0.2) is 122 Å². The molecular weight excluding hydrogens is 919 g/mol. The van der Waals surface area contributed by atoms with Gasteiger partial charge in [0.2, 0.25) is 29.5 Å². The van der Waals surface area contributed by atoms with Crippen LogP contribution in [0.15, 0.2) is 54.9 Å². The molecule has 2 aromatic heterocycles. The predicted molar refractivity (Wildman–Crippen MR) is 277 cm³/mol. The number of pyridine rings is 1. The number of anilines is 2. The van der Waals surface area contributed by atoms with Crippen LogP contribution in [0.3, 0.4) is 0 Å². The normalized spacial score (nSPS) is 30.0. The number of nitrogens with one attached hydrogen (secondary N) is 2. The molecule has 2 unspecified atom stereocenters. The molecule has 4 atom stereocenters. The zero-order valence-corrected chi connectivity index (χ0v) is 42.6. The Hall–Kier alpha value is -5.83. The van der Waals surface area contributed by atoms with Gasteiger partial charge in [-0.2, -0.15) is 0 Å². The smallest absolute Gasteiger partial charge is 0.238 e. The van der Waals surface area contributed by atoms with Gasteiger partial charge in [0.25, 0.3) is 0 Å². The van der Waals surface area contributed by atoms with E-state index in [0.717, 1.165) is 122 Å². The Morgan fingerprint density at radius 1 is 0.795 bits per heavy atom. The van der Waals surface area contributed by atoms with Gasteiger partial charge in [0.1, 0.15) is 11.3 Å². The number of hydrogen-bond acceptors (Lipinski definition) is 10. The molecule has 73 heavy (non-hydrogen) atoms. The van der Waals surface area contributed by atoms with Gasteiger partial charge in [-0.1, -0.05) is 30.7 Å². The SMILES string of the molecule is CC(C)n1cnc2cc(-c3ccc4c(c3)N([C@H]3C[C@@H](N5CCCCC5)C3)C(=O)C43CCN(C(=O)C4[C@@H]5C[C@H]4CN(C(=O)[C@H]4CC[C@H](Oc6ccc(C7CCC(=O)NC7=O)cc6)CC4)C5)CC3)nc(NC3CC3)c21. The fraction of sp³-hybridized carbons (Fsp3) is 0.603. The first-order valence-electron chi connectivity index (χ1n) is 28.0. The number of ether oxygens (including phenoxy) is 1. The highest BCUT2D eigenvalue weighted by atomic mass is 16.5. The average Bonchev–Trinajstić information content (AvgIpc) is 4.05. The van der Waals surface area contributed by atoms with Gasteiger partial charge in [-0.05, 0) is 164 Å². The summed E-state index contributed by atoms with van der Waals surface area (Å²) in [6.45, 7) is 9.05. The molecule has 2 N–H and O–H groups in total. The number of likely N-dealkylation sites (tertiary alicyclic amines) is 2. The molecule has 10 aliphatic rings. The second kappa shape index (κ2) is 18.5. The molecule has 2 bridgehead atoms. The lowest BCUT2D eigenvalue weighted by molar-refractivity contribution is -0.163. The molecular formula is C58H71N9O6. The van der Waals surface area contributed by atoms with Crippen molar-refractivity contribution < 1.29 is 28.7 Å². The van der Waals surface area contributed by atoms with Gasteiger partial charge in [0.15, 0.2) is 5.82 Å². The van der Waals surface area contributed by atoms with Crippen LogP contribution >= 0.6 is 0 Å². The average molecular weight is 990 g/mol. The van der Waals surface area contributed by atoms with Crippen molar-refractivity contribution >= 4 is 52.1 Å². The molecule has 6 aliphatic heterocycles. The predicted octanol–water partition coefficient (Wildman–Crippen LogP) is 7.73. The zero-order chi connectivity index (χ0) is 49.7. The number of benzene rings is 2. The third-order valence-electron chi connectivity index (χ3n) is 19.0. The molecule has 4 aliphatic carbocycles. The highest BCUT2D eigenvalue weighted by Crippen LogP contribution is 2.54. The number of rotatable bonds is 11. The Kier molecular flexibility index (Phi) is 11.9. The summed E-state index contributed by atoms with van der Waals surface area (Å²) in [7, 11) is 0. The number of piperidine rings is 5. The molecule has 384 valence electrons. The van der Waals surface area contributed by atoms with E-state index in [1.807, 2.05) is 30.6 Å². The van der Waals surface area contributed by atoms with E-state index < -0.39 is 5.41 Å². The minimum absolute atomic E-state index is 0.0245. The summed E-state index contributed by atoms with van der Waals surface area (Å²) >= 11 is 0. The second-order valence-electron chi connectivity index (χ2n) is 23.8. The summed E-state index contributed by atoms with van der Waals surface area (Å²) in [4.78, 5) is 86.8. The van der Waals surface area contributed by atoms with Gasteiger partial charge >= 0.3 is 0 Å². The largest absolute Gasteiger partial charge is 0.490 e. The number of aromatic nitrogens is 3. The van der Waals surface area contributed by atoms with E-state index >= 15 is 4.79 Å². The maximum atomic E-state index is 15.3. The first-order valence-corrected chi connectivity index (χ1v) is 28.0. The highest BCUT2D eigenvalue weighted by Gasteiger charge is 2.58. The molecule has 4 aromatic rings. The molecule has 15 heteroatoms. The molecule has 15 nitrogen and oxygen atoms in total. The van der Waals surface area contributed by atoms with E-state index in [1.54, 1.807) is 0 Å². The van der Waals surface area contributed by atoms with Crippen molar-refractivity contribution in [3.8, 4) is 17.0 Å². The van der Waals surface area contributed by atoms with E-state index in [4.69, 9.17) is 14.7 Å². The van der Waals surface area contributed by atoms with E-state index in [2.05, 4.69) is 72.9 Å². The van der Waals surface area contributed by atoms with Crippen LogP contribution in [0.25, 0.3) is 22.3 Å². The van der Waals surface area contributed by atoms with Crippen LogP contribution in [-0.2, 0) is 29.4 Å². The molecule has 1 spiro atoms. The van der Waals surface area contributed by atoms with Gasteiger partial charge in [-0.3, -0.25) is 29.3 Å². The number of carbonyl (C=O) groups excluding carboxylic acids is 5. The summed E-state index contributed by atoms with van der Waals surface area (Å²) in [6.07, 6.45) is 16.3. The van der Waals surface area contributed by atoms with Gasteiger partial charge in [-0.25, -0.2) is 9.97 Å². The molecule has 0 radical (unpaired) electrons. The summed E-state index contributed by atoms with van der Waals surface area (Å²) < 4.78 is 8.54. The Morgan fingerprint density at radius 2 is 1.53 bits per heavy atom. The number of amides is 5.